The molecule has 2 N–H and O–H groups in total. The number of nitrogens with zero attached hydrogens (tertiary/aromatic N) is 2. The van der Waals surface area contributed by atoms with Crippen molar-refractivity contribution in [2.45, 2.75) is 90.9 Å². The van der Waals surface area contributed by atoms with Crippen molar-refractivity contribution in [2.75, 3.05) is 49.2 Å². The van der Waals surface area contributed by atoms with Crippen molar-refractivity contribution in [3.63, 3.8) is 0 Å². The van der Waals surface area contributed by atoms with Crippen molar-refractivity contribution >= 4 is 11.4 Å². The number of hydrogen-bond donors (Lipinski definition) is 2. The van der Waals surface area contributed by atoms with E-state index in [-0.39, 0.29) is 11.5 Å². The van der Waals surface area contributed by atoms with Gasteiger partial charge >= 0.3 is 0 Å². The zero-order valence-electron chi connectivity index (χ0n) is 23.8. The van der Waals surface area contributed by atoms with Gasteiger partial charge in [-0.25, -0.2) is 0 Å². The molecule has 0 unspecified atom stereocenters. The Kier molecular flexibility index (Phi) is 13.3. The lowest BCUT2D eigenvalue weighted by molar-refractivity contribution is 0.288. The molecule has 0 atom stereocenters. The topological polar surface area (TPSA) is 65.4 Å². The highest BCUT2D eigenvalue weighted by atomic mass is 16.5. The van der Waals surface area contributed by atoms with E-state index in [9.17, 15) is 10.2 Å². The standard InChI is InChI=1S/C32H50N2O4/c1-3-5-7-9-11-13-23-37-31-25-27(15-17-29(31)35)33-19-21-34(22-20-33)28-16-18-30(36)32(26-28)38-24-14-12-10-8-6-4-2/h15-18,25-26,35-36H,3-14,19-24H2,1-2H3. The summed E-state index contributed by atoms with van der Waals surface area (Å²) in [4.78, 5) is 4.67. The predicted octanol–water partition coefficient (Wildman–Crippen LogP) is 7.90. The minimum absolute atomic E-state index is 0.205. The Bertz CT molecular complexity index is 852. The Morgan fingerprint density at radius 1 is 0.553 bits per heavy atom. The molecule has 0 saturated carbocycles. The minimum atomic E-state index is 0.205. The molecule has 6 heteroatoms. The van der Waals surface area contributed by atoms with E-state index < -0.39 is 0 Å². The number of aromatic hydroxyl groups is 2. The molecule has 0 bridgehead atoms. The van der Waals surface area contributed by atoms with Gasteiger partial charge in [0.25, 0.3) is 0 Å². The number of piperazine rings is 1. The molecule has 1 saturated heterocycles. The molecule has 0 aromatic heterocycles. The lowest BCUT2D eigenvalue weighted by Gasteiger charge is -2.37. The van der Waals surface area contributed by atoms with Crippen LogP contribution in [0.1, 0.15) is 90.9 Å². The van der Waals surface area contributed by atoms with Gasteiger partial charge in [-0.05, 0) is 37.1 Å². The first-order valence-corrected chi connectivity index (χ1v) is 15.0. The molecule has 1 heterocycles. The SMILES string of the molecule is CCCCCCCCOc1cc(N2CCN(c3ccc(O)c(OCCCCCCCC)c3)CC2)ccc1O. The molecule has 2 aromatic rings. The maximum atomic E-state index is 10.3. The Labute approximate surface area is 230 Å². The first-order chi connectivity index (χ1) is 18.6. The van der Waals surface area contributed by atoms with Gasteiger partial charge in [-0.2, -0.15) is 0 Å². The fourth-order valence-corrected chi connectivity index (χ4v) is 4.98. The Morgan fingerprint density at radius 3 is 1.32 bits per heavy atom. The van der Waals surface area contributed by atoms with E-state index in [4.69, 9.17) is 9.47 Å². The molecule has 6 nitrogen and oxygen atoms in total. The summed E-state index contributed by atoms with van der Waals surface area (Å²) in [6, 6.07) is 11.4. The van der Waals surface area contributed by atoms with E-state index in [1.807, 2.05) is 24.3 Å². The highest BCUT2D eigenvalue weighted by Crippen LogP contribution is 2.34. The van der Waals surface area contributed by atoms with Crippen LogP contribution in [-0.2, 0) is 0 Å². The van der Waals surface area contributed by atoms with E-state index in [1.54, 1.807) is 12.1 Å². The third-order valence-electron chi connectivity index (χ3n) is 7.41. The molecule has 1 fully saturated rings. The maximum Gasteiger partial charge on any atom is 0.162 e. The number of hydrogen-bond acceptors (Lipinski definition) is 6. The van der Waals surface area contributed by atoms with Gasteiger partial charge in [-0.3, -0.25) is 0 Å². The number of unbranched alkanes of at least 4 members (excludes halogenated alkanes) is 10. The van der Waals surface area contributed by atoms with Crippen LogP contribution in [-0.4, -0.2) is 49.6 Å². The molecule has 0 radical (unpaired) electrons. The molecule has 2 aromatic carbocycles. The zero-order valence-corrected chi connectivity index (χ0v) is 23.8. The molecule has 0 spiro atoms. The third kappa shape index (κ3) is 9.85. The maximum absolute atomic E-state index is 10.3. The first kappa shape index (κ1) is 29.8. The molecular weight excluding hydrogens is 476 g/mol. The number of ether oxygens (including phenoxy) is 2. The van der Waals surface area contributed by atoms with Crippen molar-refractivity contribution in [2.24, 2.45) is 0 Å². The minimum Gasteiger partial charge on any atom is -0.504 e. The van der Waals surface area contributed by atoms with Crippen LogP contribution in [0, 0.1) is 0 Å². The van der Waals surface area contributed by atoms with Crippen LogP contribution in [0.15, 0.2) is 36.4 Å². The average molecular weight is 527 g/mol. The lowest BCUT2D eigenvalue weighted by Crippen LogP contribution is -2.46. The number of phenolic OH excluding ortho intramolecular Hbond substituents is 2. The van der Waals surface area contributed by atoms with Crippen LogP contribution in [0.3, 0.4) is 0 Å². The second kappa shape index (κ2) is 17.0. The smallest absolute Gasteiger partial charge is 0.162 e. The van der Waals surface area contributed by atoms with E-state index in [1.165, 1.54) is 64.2 Å². The molecular formula is C32H50N2O4. The molecule has 212 valence electrons. The van der Waals surface area contributed by atoms with E-state index in [0.717, 1.165) is 50.4 Å². The van der Waals surface area contributed by atoms with Gasteiger partial charge in [-0.1, -0.05) is 78.1 Å². The van der Waals surface area contributed by atoms with E-state index in [2.05, 4.69) is 23.6 Å². The summed E-state index contributed by atoms with van der Waals surface area (Å²) < 4.78 is 11.9. The van der Waals surface area contributed by atoms with Crippen LogP contribution in [0.4, 0.5) is 11.4 Å². The summed E-state index contributed by atoms with van der Waals surface area (Å²) in [6.07, 6.45) is 14.6. The highest BCUT2D eigenvalue weighted by molar-refractivity contribution is 5.59. The highest BCUT2D eigenvalue weighted by Gasteiger charge is 2.20. The monoisotopic (exact) mass is 526 g/mol. The number of benzene rings is 2. The second-order valence-electron chi connectivity index (χ2n) is 10.5. The van der Waals surface area contributed by atoms with Crippen molar-refractivity contribution in [1.29, 1.82) is 0 Å². The number of rotatable bonds is 18. The van der Waals surface area contributed by atoms with Crippen LogP contribution in [0.2, 0.25) is 0 Å². The van der Waals surface area contributed by atoms with Gasteiger partial charge in [0.1, 0.15) is 0 Å². The van der Waals surface area contributed by atoms with Crippen molar-refractivity contribution < 1.29 is 19.7 Å². The molecule has 1 aliphatic heterocycles. The average Bonchev–Trinajstić information content (AvgIpc) is 2.94. The van der Waals surface area contributed by atoms with Gasteiger partial charge in [0.15, 0.2) is 23.0 Å². The summed E-state index contributed by atoms with van der Waals surface area (Å²) in [5, 5.41) is 20.6. The van der Waals surface area contributed by atoms with Gasteiger partial charge in [-0.15, -0.1) is 0 Å². The summed E-state index contributed by atoms with van der Waals surface area (Å²) in [7, 11) is 0. The van der Waals surface area contributed by atoms with Crippen LogP contribution >= 0.6 is 0 Å². The molecule has 0 aliphatic carbocycles. The lowest BCUT2D eigenvalue weighted by atomic mass is 10.1. The largest absolute Gasteiger partial charge is 0.504 e. The summed E-state index contributed by atoms with van der Waals surface area (Å²) in [6.45, 7) is 9.23. The summed E-state index contributed by atoms with van der Waals surface area (Å²) in [5.74, 6) is 1.56. The normalized spacial score (nSPS) is 13.6. The van der Waals surface area contributed by atoms with Gasteiger partial charge in [0.05, 0.1) is 13.2 Å². The Hall–Kier alpha value is -2.76. The Balaban J connectivity index is 1.45. The van der Waals surface area contributed by atoms with Gasteiger partial charge < -0.3 is 29.5 Å². The predicted molar refractivity (Wildman–Crippen MR) is 158 cm³/mol. The van der Waals surface area contributed by atoms with Crippen LogP contribution < -0.4 is 19.3 Å². The third-order valence-corrected chi connectivity index (χ3v) is 7.41. The number of anilines is 2. The van der Waals surface area contributed by atoms with Crippen molar-refractivity contribution in [3.05, 3.63) is 36.4 Å². The molecule has 0 amide bonds. The van der Waals surface area contributed by atoms with Gasteiger partial charge in [0, 0.05) is 49.7 Å². The van der Waals surface area contributed by atoms with Crippen molar-refractivity contribution in [3.8, 4) is 23.0 Å². The van der Waals surface area contributed by atoms with Crippen LogP contribution in [0.25, 0.3) is 0 Å². The molecule has 1 aliphatic rings. The fraction of sp³-hybridized carbons (Fsp3) is 0.625. The second-order valence-corrected chi connectivity index (χ2v) is 10.5. The van der Waals surface area contributed by atoms with E-state index in [0.29, 0.717) is 24.7 Å². The fourth-order valence-electron chi connectivity index (χ4n) is 4.98. The summed E-state index contributed by atoms with van der Waals surface area (Å²) in [5.41, 5.74) is 2.16. The number of phenols is 2. The molecule has 38 heavy (non-hydrogen) atoms. The Morgan fingerprint density at radius 2 is 0.921 bits per heavy atom. The quantitative estimate of drug-likeness (QED) is 0.192. The van der Waals surface area contributed by atoms with Crippen molar-refractivity contribution in [1.82, 2.24) is 0 Å². The van der Waals surface area contributed by atoms with Gasteiger partial charge in [0.2, 0.25) is 0 Å². The van der Waals surface area contributed by atoms with E-state index >= 15 is 0 Å². The first-order valence-electron chi connectivity index (χ1n) is 15.0. The zero-order chi connectivity index (χ0) is 27.0. The summed E-state index contributed by atoms with van der Waals surface area (Å²) >= 11 is 0. The molecule has 3 rings (SSSR count). The van der Waals surface area contributed by atoms with Crippen LogP contribution in [0.5, 0.6) is 23.0 Å².